The first kappa shape index (κ1) is 20.1. The summed E-state index contributed by atoms with van der Waals surface area (Å²) in [6.07, 6.45) is 0. The maximum Gasteiger partial charge on any atom is 0.277 e. The number of carbonyl (C=O) groups is 3. The van der Waals surface area contributed by atoms with Crippen molar-refractivity contribution in [2.24, 2.45) is 5.73 Å². The van der Waals surface area contributed by atoms with Gasteiger partial charge in [0, 0.05) is 16.8 Å². The van der Waals surface area contributed by atoms with E-state index in [0.717, 1.165) is 11.8 Å². The van der Waals surface area contributed by atoms with Crippen molar-refractivity contribution in [3.63, 3.8) is 0 Å². The van der Waals surface area contributed by atoms with Gasteiger partial charge in [0.15, 0.2) is 0 Å². The molecule has 3 aromatic rings. The van der Waals surface area contributed by atoms with Crippen LogP contribution in [-0.4, -0.2) is 33.7 Å². The minimum absolute atomic E-state index is 0.0512. The number of nitrogens with zero attached hydrogens (tertiary/aromatic N) is 2. The predicted molar refractivity (Wildman–Crippen MR) is 106 cm³/mol. The van der Waals surface area contributed by atoms with Gasteiger partial charge in [-0.15, -0.1) is 10.2 Å². The topological polar surface area (TPSA) is 140 Å². The van der Waals surface area contributed by atoms with Gasteiger partial charge in [-0.3, -0.25) is 14.4 Å². The van der Waals surface area contributed by atoms with Gasteiger partial charge in [-0.1, -0.05) is 30.0 Å². The van der Waals surface area contributed by atoms with Crippen molar-refractivity contribution in [3.8, 4) is 0 Å². The Morgan fingerprint density at radius 1 is 0.966 bits per heavy atom. The lowest BCUT2D eigenvalue weighted by molar-refractivity contribution is -0.113. The van der Waals surface area contributed by atoms with Crippen molar-refractivity contribution >= 4 is 35.2 Å². The molecule has 0 aliphatic carbocycles. The summed E-state index contributed by atoms with van der Waals surface area (Å²) in [6.45, 7) is 0.0830. The standard InChI is InChI=1S/C19H17N5O4S/c20-17(26)12-6-8-14(9-7-12)22-15(25)11-29-19-24-23-16(28-19)10-21-18(27)13-4-2-1-3-5-13/h1-9H,10-11H2,(H2,20,26)(H,21,27)(H,22,25). The Morgan fingerprint density at radius 3 is 2.38 bits per heavy atom. The van der Waals surface area contributed by atoms with E-state index in [1.165, 1.54) is 12.1 Å². The fraction of sp³-hybridized carbons (Fsp3) is 0.105. The Hall–Kier alpha value is -3.66. The molecule has 29 heavy (non-hydrogen) atoms. The number of nitrogens with one attached hydrogen (secondary N) is 2. The second-order valence-corrected chi connectivity index (χ2v) is 6.72. The van der Waals surface area contributed by atoms with Crippen LogP contribution < -0.4 is 16.4 Å². The average Bonchev–Trinajstić information content (AvgIpc) is 3.19. The van der Waals surface area contributed by atoms with E-state index in [2.05, 4.69) is 20.8 Å². The third-order valence-corrected chi connectivity index (χ3v) is 4.48. The molecule has 0 saturated heterocycles. The number of carbonyl (C=O) groups excluding carboxylic acids is 3. The largest absolute Gasteiger partial charge is 0.414 e. The zero-order chi connectivity index (χ0) is 20.6. The van der Waals surface area contributed by atoms with E-state index < -0.39 is 5.91 Å². The predicted octanol–water partition coefficient (Wildman–Crippen LogP) is 1.83. The van der Waals surface area contributed by atoms with Crippen LogP contribution in [0.15, 0.2) is 64.2 Å². The molecule has 3 rings (SSSR count). The lowest BCUT2D eigenvalue weighted by atomic mass is 10.2. The summed E-state index contributed by atoms with van der Waals surface area (Å²) in [5.74, 6) is -0.779. The van der Waals surface area contributed by atoms with Crippen molar-refractivity contribution < 1.29 is 18.8 Å². The molecular weight excluding hydrogens is 394 g/mol. The Kier molecular flexibility index (Phi) is 6.59. The maximum atomic E-state index is 12.0. The highest BCUT2D eigenvalue weighted by atomic mass is 32.2. The van der Waals surface area contributed by atoms with Crippen LogP contribution in [0.2, 0.25) is 0 Å². The van der Waals surface area contributed by atoms with Gasteiger partial charge in [-0.05, 0) is 36.4 Å². The number of amides is 3. The molecule has 1 heterocycles. The van der Waals surface area contributed by atoms with Gasteiger partial charge in [-0.25, -0.2) is 0 Å². The molecule has 4 N–H and O–H groups in total. The van der Waals surface area contributed by atoms with Crippen molar-refractivity contribution in [2.75, 3.05) is 11.1 Å². The molecule has 9 nitrogen and oxygen atoms in total. The van der Waals surface area contributed by atoms with Gasteiger partial charge in [0.05, 0.1) is 12.3 Å². The van der Waals surface area contributed by atoms with E-state index in [9.17, 15) is 14.4 Å². The van der Waals surface area contributed by atoms with E-state index in [-0.39, 0.29) is 35.2 Å². The van der Waals surface area contributed by atoms with Crippen LogP contribution in [0.4, 0.5) is 5.69 Å². The second-order valence-electron chi connectivity index (χ2n) is 5.79. The first-order valence-corrected chi connectivity index (χ1v) is 9.48. The number of aromatic nitrogens is 2. The van der Waals surface area contributed by atoms with Crippen LogP contribution in [0.5, 0.6) is 0 Å². The Labute approximate surface area is 170 Å². The van der Waals surface area contributed by atoms with Crippen molar-refractivity contribution in [3.05, 3.63) is 71.6 Å². The van der Waals surface area contributed by atoms with Gasteiger partial charge in [0.25, 0.3) is 11.1 Å². The second kappa shape index (κ2) is 9.51. The third kappa shape index (κ3) is 5.91. The molecule has 0 aliphatic rings. The molecule has 0 saturated carbocycles. The van der Waals surface area contributed by atoms with Gasteiger partial charge >= 0.3 is 0 Å². The molecule has 1 aromatic heterocycles. The highest BCUT2D eigenvalue weighted by molar-refractivity contribution is 7.99. The fourth-order valence-electron chi connectivity index (χ4n) is 2.26. The molecule has 148 valence electrons. The van der Waals surface area contributed by atoms with E-state index in [1.54, 1.807) is 36.4 Å². The van der Waals surface area contributed by atoms with Crippen LogP contribution in [-0.2, 0) is 11.3 Å². The molecular formula is C19H17N5O4S. The molecule has 2 aromatic carbocycles. The van der Waals surface area contributed by atoms with Crippen LogP contribution in [0.3, 0.4) is 0 Å². The zero-order valence-electron chi connectivity index (χ0n) is 15.1. The molecule has 0 aliphatic heterocycles. The average molecular weight is 411 g/mol. The lowest BCUT2D eigenvalue weighted by Gasteiger charge is -2.04. The number of hydrogen-bond acceptors (Lipinski definition) is 7. The molecule has 0 bridgehead atoms. The zero-order valence-corrected chi connectivity index (χ0v) is 15.9. The minimum Gasteiger partial charge on any atom is -0.414 e. The van der Waals surface area contributed by atoms with Crippen molar-refractivity contribution in [1.29, 1.82) is 0 Å². The number of hydrogen-bond donors (Lipinski definition) is 3. The molecule has 0 fully saturated rings. The van der Waals surface area contributed by atoms with Gasteiger partial charge in [-0.2, -0.15) is 0 Å². The third-order valence-electron chi connectivity index (χ3n) is 3.66. The highest BCUT2D eigenvalue weighted by Crippen LogP contribution is 2.17. The molecule has 0 radical (unpaired) electrons. The number of anilines is 1. The van der Waals surface area contributed by atoms with E-state index in [4.69, 9.17) is 10.2 Å². The molecule has 10 heteroatoms. The molecule has 0 atom stereocenters. The number of thioether (sulfide) groups is 1. The molecule has 3 amide bonds. The highest BCUT2D eigenvalue weighted by Gasteiger charge is 2.12. The number of rotatable bonds is 8. The summed E-state index contributed by atoms with van der Waals surface area (Å²) in [6, 6.07) is 15.0. The van der Waals surface area contributed by atoms with Crippen LogP contribution in [0.25, 0.3) is 0 Å². The SMILES string of the molecule is NC(=O)c1ccc(NC(=O)CSc2nnc(CNC(=O)c3ccccc3)o2)cc1. The Morgan fingerprint density at radius 2 is 1.69 bits per heavy atom. The van der Waals surface area contributed by atoms with Crippen LogP contribution >= 0.6 is 11.8 Å². The van der Waals surface area contributed by atoms with Crippen LogP contribution in [0, 0.1) is 0 Å². The molecule has 0 unspecified atom stereocenters. The Bertz CT molecular complexity index is 1000. The summed E-state index contributed by atoms with van der Waals surface area (Å²) in [4.78, 5) is 35.0. The minimum atomic E-state index is -0.536. The number of nitrogens with two attached hydrogens (primary N) is 1. The van der Waals surface area contributed by atoms with Crippen molar-refractivity contribution in [1.82, 2.24) is 15.5 Å². The maximum absolute atomic E-state index is 12.0. The van der Waals surface area contributed by atoms with Gasteiger partial charge in [0.2, 0.25) is 17.7 Å². The number of benzene rings is 2. The number of primary amides is 1. The summed E-state index contributed by atoms with van der Waals surface area (Å²) < 4.78 is 5.41. The smallest absolute Gasteiger partial charge is 0.277 e. The normalized spacial score (nSPS) is 10.3. The summed E-state index contributed by atoms with van der Waals surface area (Å²) in [5, 5.41) is 13.3. The van der Waals surface area contributed by atoms with E-state index in [0.29, 0.717) is 16.8 Å². The van der Waals surface area contributed by atoms with E-state index in [1.807, 2.05) is 6.07 Å². The van der Waals surface area contributed by atoms with Crippen LogP contribution in [0.1, 0.15) is 26.6 Å². The van der Waals surface area contributed by atoms with E-state index >= 15 is 0 Å². The summed E-state index contributed by atoms with van der Waals surface area (Å²) >= 11 is 1.07. The van der Waals surface area contributed by atoms with Gasteiger partial charge < -0.3 is 20.8 Å². The first-order valence-electron chi connectivity index (χ1n) is 8.49. The first-order chi connectivity index (χ1) is 14.0. The monoisotopic (exact) mass is 411 g/mol. The quantitative estimate of drug-likeness (QED) is 0.480. The van der Waals surface area contributed by atoms with Gasteiger partial charge in [0.1, 0.15) is 0 Å². The Balaban J connectivity index is 1.44. The summed E-state index contributed by atoms with van der Waals surface area (Å²) in [5.41, 5.74) is 6.59. The lowest BCUT2D eigenvalue weighted by Crippen LogP contribution is -2.22. The van der Waals surface area contributed by atoms with Crippen molar-refractivity contribution in [2.45, 2.75) is 11.8 Å². The molecule has 0 spiro atoms. The fourth-order valence-corrected chi connectivity index (χ4v) is 2.84. The summed E-state index contributed by atoms with van der Waals surface area (Å²) in [7, 11) is 0.